The van der Waals surface area contributed by atoms with Crippen molar-refractivity contribution < 1.29 is 4.79 Å². The van der Waals surface area contributed by atoms with E-state index in [0.717, 1.165) is 31.5 Å². The molecule has 1 saturated heterocycles. The number of carbonyl (C=O) groups excluding carboxylic acids is 1. The third-order valence-electron chi connectivity index (χ3n) is 7.49. The monoisotopic (exact) mass is 415 g/mol. The van der Waals surface area contributed by atoms with Crippen LogP contribution in [0.2, 0.25) is 0 Å². The summed E-state index contributed by atoms with van der Waals surface area (Å²) in [5, 5.41) is 3.26. The van der Waals surface area contributed by atoms with Gasteiger partial charge in [0.1, 0.15) is 0 Å². The highest BCUT2D eigenvalue weighted by Gasteiger charge is 2.67. The van der Waals surface area contributed by atoms with Gasteiger partial charge in [0, 0.05) is 37.8 Å². The molecule has 0 aromatic heterocycles. The molecule has 1 aliphatic carbocycles. The molecule has 3 aliphatic heterocycles. The highest BCUT2D eigenvalue weighted by Crippen LogP contribution is 2.54. The van der Waals surface area contributed by atoms with Gasteiger partial charge in [0.2, 0.25) is 5.91 Å². The van der Waals surface area contributed by atoms with E-state index >= 15 is 0 Å². The standard InChI is InChI=1S/C27H33N3O/c1-19(2)17-30-18-23-14-22-16-29-27(23,26(31)28-15-21-11-7-4-8-12-21)25(30)24(22)13-20-9-5-3-6-10-20/h3-12,16,19,22-25H,13-15,17-18H2,1-2H3,(H,28,31). The van der Waals surface area contributed by atoms with Crippen LogP contribution in [-0.4, -0.2) is 41.7 Å². The Balaban J connectivity index is 1.45. The van der Waals surface area contributed by atoms with Crippen LogP contribution in [0.3, 0.4) is 0 Å². The Hall–Kier alpha value is -2.46. The summed E-state index contributed by atoms with van der Waals surface area (Å²) in [6.07, 6.45) is 4.21. The number of likely N-dealkylation sites (tertiary alicyclic amines) is 1. The summed E-state index contributed by atoms with van der Waals surface area (Å²) >= 11 is 0. The molecule has 5 unspecified atom stereocenters. The van der Waals surface area contributed by atoms with Gasteiger partial charge in [-0.15, -0.1) is 0 Å². The molecular formula is C27H33N3O. The van der Waals surface area contributed by atoms with E-state index in [2.05, 4.69) is 72.7 Å². The number of hydrogen-bond donors (Lipinski definition) is 1. The van der Waals surface area contributed by atoms with E-state index in [4.69, 9.17) is 4.99 Å². The van der Waals surface area contributed by atoms with Crippen LogP contribution in [0.5, 0.6) is 0 Å². The van der Waals surface area contributed by atoms with Crippen molar-refractivity contribution in [3.05, 3.63) is 71.8 Å². The van der Waals surface area contributed by atoms with E-state index in [1.54, 1.807) is 0 Å². The Labute approximate surface area is 185 Å². The van der Waals surface area contributed by atoms with Crippen LogP contribution >= 0.6 is 0 Å². The predicted octanol–water partition coefficient (Wildman–Crippen LogP) is 3.96. The van der Waals surface area contributed by atoms with E-state index in [1.165, 1.54) is 5.56 Å². The Bertz CT molecular complexity index is 941. The van der Waals surface area contributed by atoms with E-state index in [0.29, 0.717) is 30.2 Å². The lowest BCUT2D eigenvalue weighted by Gasteiger charge is -2.51. The van der Waals surface area contributed by atoms with Crippen molar-refractivity contribution in [1.82, 2.24) is 10.2 Å². The molecule has 1 amide bonds. The van der Waals surface area contributed by atoms with Crippen molar-refractivity contribution in [1.29, 1.82) is 0 Å². The molecule has 4 aliphatic rings. The zero-order valence-electron chi connectivity index (χ0n) is 18.6. The van der Waals surface area contributed by atoms with Gasteiger partial charge >= 0.3 is 0 Å². The number of amides is 1. The van der Waals surface area contributed by atoms with Crippen LogP contribution in [-0.2, 0) is 17.8 Å². The summed E-state index contributed by atoms with van der Waals surface area (Å²) in [7, 11) is 0. The van der Waals surface area contributed by atoms with Crippen LogP contribution < -0.4 is 5.32 Å². The molecule has 2 aromatic carbocycles. The van der Waals surface area contributed by atoms with Gasteiger partial charge in [-0.1, -0.05) is 74.5 Å². The number of aliphatic imine (C=N–C) groups is 1. The molecule has 4 heteroatoms. The first-order valence-electron chi connectivity index (χ1n) is 11.7. The molecule has 0 spiro atoms. The van der Waals surface area contributed by atoms with Crippen molar-refractivity contribution in [2.24, 2.45) is 28.7 Å². The van der Waals surface area contributed by atoms with E-state index in [-0.39, 0.29) is 11.9 Å². The molecule has 2 aromatic rings. The summed E-state index contributed by atoms with van der Waals surface area (Å²) in [4.78, 5) is 21.4. The molecule has 4 bridgehead atoms. The van der Waals surface area contributed by atoms with Crippen molar-refractivity contribution in [3.63, 3.8) is 0 Å². The second kappa shape index (κ2) is 8.23. The lowest BCUT2D eigenvalue weighted by atomic mass is 9.59. The maximum atomic E-state index is 13.8. The van der Waals surface area contributed by atoms with Gasteiger partial charge in [-0.05, 0) is 41.7 Å². The Morgan fingerprint density at radius 2 is 1.77 bits per heavy atom. The Morgan fingerprint density at radius 3 is 2.45 bits per heavy atom. The largest absolute Gasteiger partial charge is 0.350 e. The normalized spacial score (nSPS) is 31.3. The first kappa shape index (κ1) is 20.4. The van der Waals surface area contributed by atoms with Gasteiger partial charge < -0.3 is 5.32 Å². The van der Waals surface area contributed by atoms with Crippen LogP contribution in [0.15, 0.2) is 65.7 Å². The van der Waals surface area contributed by atoms with Gasteiger partial charge in [-0.3, -0.25) is 14.7 Å². The lowest BCUT2D eigenvalue weighted by Crippen LogP contribution is -2.66. The first-order chi connectivity index (χ1) is 15.1. The molecule has 31 heavy (non-hydrogen) atoms. The average molecular weight is 416 g/mol. The molecule has 1 saturated carbocycles. The molecule has 6 rings (SSSR count). The topological polar surface area (TPSA) is 44.7 Å². The van der Waals surface area contributed by atoms with Crippen molar-refractivity contribution in [2.45, 2.75) is 44.8 Å². The fraction of sp³-hybridized carbons (Fsp3) is 0.481. The maximum Gasteiger partial charge on any atom is 0.250 e. The van der Waals surface area contributed by atoms with Gasteiger partial charge in [-0.25, -0.2) is 0 Å². The maximum absolute atomic E-state index is 13.8. The van der Waals surface area contributed by atoms with Crippen molar-refractivity contribution in [3.8, 4) is 0 Å². The Kier molecular flexibility index (Phi) is 5.43. The zero-order valence-corrected chi connectivity index (χ0v) is 18.6. The molecule has 4 nitrogen and oxygen atoms in total. The van der Waals surface area contributed by atoms with E-state index in [9.17, 15) is 4.79 Å². The van der Waals surface area contributed by atoms with E-state index < -0.39 is 5.54 Å². The van der Waals surface area contributed by atoms with Crippen LogP contribution in [0.25, 0.3) is 0 Å². The second-order valence-corrected chi connectivity index (χ2v) is 10.0. The number of carbonyl (C=O) groups is 1. The number of benzene rings is 2. The number of nitrogens with zero attached hydrogens (tertiary/aromatic N) is 2. The van der Waals surface area contributed by atoms with Crippen molar-refractivity contribution in [2.75, 3.05) is 13.1 Å². The smallest absolute Gasteiger partial charge is 0.250 e. The summed E-state index contributed by atoms with van der Waals surface area (Å²) in [6.45, 7) is 7.13. The third kappa shape index (κ3) is 3.61. The predicted molar refractivity (Wildman–Crippen MR) is 125 cm³/mol. The fourth-order valence-electron chi connectivity index (χ4n) is 6.32. The molecule has 2 fully saturated rings. The van der Waals surface area contributed by atoms with E-state index in [1.807, 2.05) is 18.2 Å². The van der Waals surface area contributed by atoms with Crippen molar-refractivity contribution >= 4 is 12.1 Å². The molecule has 0 radical (unpaired) electrons. The summed E-state index contributed by atoms with van der Waals surface area (Å²) in [6, 6.07) is 21.1. The van der Waals surface area contributed by atoms with Gasteiger partial charge in [0.05, 0.1) is 0 Å². The quantitative estimate of drug-likeness (QED) is 0.744. The number of nitrogens with one attached hydrogen (secondary N) is 1. The number of rotatable bonds is 7. The van der Waals surface area contributed by atoms with Crippen LogP contribution in [0, 0.1) is 23.7 Å². The summed E-state index contributed by atoms with van der Waals surface area (Å²) < 4.78 is 0. The molecule has 1 N–H and O–H groups in total. The minimum atomic E-state index is -0.641. The number of hydrogen-bond acceptors (Lipinski definition) is 3. The summed E-state index contributed by atoms with van der Waals surface area (Å²) in [5.41, 5.74) is 1.85. The van der Waals surface area contributed by atoms with Gasteiger partial charge in [-0.2, -0.15) is 0 Å². The first-order valence-corrected chi connectivity index (χ1v) is 11.7. The second-order valence-electron chi connectivity index (χ2n) is 10.0. The van der Waals surface area contributed by atoms with Gasteiger partial charge in [0.15, 0.2) is 5.54 Å². The fourth-order valence-corrected chi connectivity index (χ4v) is 6.32. The highest BCUT2D eigenvalue weighted by atomic mass is 16.2. The minimum Gasteiger partial charge on any atom is -0.350 e. The van der Waals surface area contributed by atoms with Crippen LogP contribution in [0.1, 0.15) is 31.4 Å². The third-order valence-corrected chi connectivity index (χ3v) is 7.49. The van der Waals surface area contributed by atoms with Gasteiger partial charge in [0.25, 0.3) is 0 Å². The zero-order chi connectivity index (χ0) is 21.4. The highest BCUT2D eigenvalue weighted by molar-refractivity contribution is 5.92. The molecule has 3 heterocycles. The SMILES string of the molecule is CC(C)CN1CC2CC3C=NC2(C(=O)NCc2ccccc2)C1C3Cc1ccccc1. The van der Waals surface area contributed by atoms with Crippen LogP contribution in [0.4, 0.5) is 0 Å². The molecule has 5 atom stereocenters. The molecule has 162 valence electrons. The lowest BCUT2D eigenvalue weighted by molar-refractivity contribution is -0.132. The Morgan fingerprint density at radius 1 is 1.10 bits per heavy atom. The minimum absolute atomic E-state index is 0.116. The average Bonchev–Trinajstić information content (AvgIpc) is 3.04. The summed E-state index contributed by atoms with van der Waals surface area (Å²) in [5.74, 6) is 1.90. The molecular weight excluding hydrogens is 382 g/mol.